The first-order valence-electron chi connectivity index (χ1n) is 4.35. The van der Waals surface area contributed by atoms with Crippen molar-refractivity contribution in [3.63, 3.8) is 0 Å². The minimum Gasteiger partial charge on any atom is -0.324 e. The monoisotopic (exact) mass is 321 g/mol. The molecule has 0 fully saturated rings. The molecular weight excluding hydrogens is 308 g/mol. The maximum Gasteiger partial charge on any atom is 0.0542 e. The molecule has 0 aliphatic rings. The van der Waals surface area contributed by atoms with Crippen molar-refractivity contribution in [2.24, 2.45) is 5.73 Å². The molecule has 0 saturated carbocycles. The van der Waals surface area contributed by atoms with Gasteiger partial charge in [-0.15, -0.1) is 6.58 Å². The molecule has 76 valence electrons. The van der Waals surface area contributed by atoms with E-state index in [-0.39, 0.29) is 6.04 Å². The quantitative estimate of drug-likeness (QED) is 0.663. The van der Waals surface area contributed by atoms with Crippen LogP contribution in [0.1, 0.15) is 24.9 Å². The van der Waals surface area contributed by atoms with Crippen LogP contribution in [0.2, 0.25) is 5.02 Å². The Labute approximate surface area is 103 Å². The normalized spacial score (nSPS) is 12.6. The van der Waals surface area contributed by atoms with Crippen molar-refractivity contribution < 1.29 is 0 Å². The van der Waals surface area contributed by atoms with Crippen LogP contribution in [0.3, 0.4) is 0 Å². The molecule has 0 heterocycles. The number of nitrogens with two attached hydrogens (primary N) is 1. The van der Waals surface area contributed by atoms with E-state index in [1.165, 1.54) is 0 Å². The first-order valence-corrected chi connectivity index (χ1v) is 5.81. The standard InChI is InChI=1S/C11H13ClIN/c1-7(2)5-11(14)8-3-4-10(13)9(12)6-8/h3-4,6,11H,1,5,14H2,2H3. The summed E-state index contributed by atoms with van der Waals surface area (Å²) in [5.41, 5.74) is 8.15. The van der Waals surface area contributed by atoms with Gasteiger partial charge in [-0.25, -0.2) is 0 Å². The molecule has 0 spiro atoms. The first kappa shape index (κ1) is 12.0. The van der Waals surface area contributed by atoms with Gasteiger partial charge < -0.3 is 5.73 Å². The Balaban J connectivity index is 2.85. The molecule has 1 nitrogen and oxygen atoms in total. The van der Waals surface area contributed by atoms with Gasteiger partial charge in [0.15, 0.2) is 0 Å². The van der Waals surface area contributed by atoms with Gasteiger partial charge in [0, 0.05) is 9.61 Å². The minimum absolute atomic E-state index is 0.00185. The molecule has 0 aliphatic carbocycles. The van der Waals surface area contributed by atoms with Crippen LogP contribution in [0.25, 0.3) is 0 Å². The molecule has 14 heavy (non-hydrogen) atoms. The Bertz CT molecular complexity index is 349. The van der Waals surface area contributed by atoms with Crippen LogP contribution in [-0.2, 0) is 0 Å². The summed E-state index contributed by atoms with van der Waals surface area (Å²) < 4.78 is 1.05. The lowest BCUT2D eigenvalue weighted by molar-refractivity contribution is 0.717. The van der Waals surface area contributed by atoms with Crippen molar-refractivity contribution in [3.8, 4) is 0 Å². The molecule has 0 aromatic heterocycles. The fourth-order valence-electron chi connectivity index (χ4n) is 1.24. The minimum atomic E-state index is 0.00185. The largest absolute Gasteiger partial charge is 0.324 e. The highest BCUT2D eigenvalue weighted by Crippen LogP contribution is 2.24. The smallest absolute Gasteiger partial charge is 0.0542 e. The Morgan fingerprint density at radius 2 is 2.29 bits per heavy atom. The third-order valence-electron chi connectivity index (χ3n) is 1.94. The predicted molar refractivity (Wildman–Crippen MR) is 70.5 cm³/mol. The molecule has 0 amide bonds. The summed E-state index contributed by atoms with van der Waals surface area (Å²) in [6.45, 7) is 5.83. The van der Waals surface area contributed by atoms with E-state index in [1.54, 1.807) is 0 Å². The third kappa shape index (κ3) is 3.26. The number of halogens is 2. The Kier molecular flexibility index (Phi) is 4.41. The molecule has 1 aromatic rings. The number of benzene rings is 1. The topological polar surface area (TPSA) is 26.0 Å². The van der Waals surface area contributed by atoms with Gasteiger partial charge in [-0.1, -0.05) is 23.2 Å². The van der Waals surface area contributed by atoms with Crippen molar-refractivity contribution in [2.45, 2.75) is 19.4 Å². The molecule has 1 unspecified atom stereocenters. The second-order valence-corrected chi connectivity index (χ2v) is 5.01. The molecule has 0 bridgehead atoms. The second-order valence-electron chi connectivity index (χ2n) is 3.44. The summed E-state index contributed by atoms with van der Waals surface area (Å²) in [7, 11) is 0. The highest BCUT2D eigenvalue weighted by Gasteiger charge is 2.07. The summed E-state index contributed by atoms with van der Waals surface area (Å²) >= 11 is 8.21. The number of hydrogen-bond donors (Lipinski definition) is 1. The zero-order valence-corrected chi connectivity index (χ0v) is 11.0. The zero-order valence-electron chi connectivity index (χ0n) is 8.06. The van der Waals surface area contributed by atoms with Crippen molar-refractivity contribution >= 4 is 34.2 Å². The Morgan fingerprint density at radius 1 is 1.64 bits per heavy atom. The van der Waals surface area contributed by atoms with Crippen molar-refractivity contribution in [1.82, 2.24) is 0 Å². The lowest BCUT2D eigenvalue weighted by atomic mass is 10.0. The lowest BCUT2D eigenvalue weighted by Gasteiger charge is -2.12. The zero-order chi connectivity index (χ0) is 10.7. The molecule has 1 rings (SSSR count). The van der Waals surface area contributed by atoms with Crippen LogP contribution in [0.15, 0.2) is 30.4 Å². The Morgan fingerprint density at radius 3 is 2.79 bits per heavy atom. The SMILES string of the molecule is C=C(C)CC(N)c1ccc(I)c(Cl)c1. The summed E-state index contributed by atoms with van der Waals surface area (Å²) in [5.74, 6) is 0. The number of rotatable bonds is 3. The summed E-state index contributed by atoms with van der Waals surface area (Å²) in [6.07, 6.45) is 0.803. The summed E-state index contributed by atoms with van der Waals surface area (Å²) in [4.78, 5) is 0. The van der Waals surface area contributed by atoms with Crippen LogP contribution < -0.4 is 5.73 Å². The lowest BCUT2D eigenvalue weighted by Crippen LogP contribution is -2.10. The van der Waals surface area contributed by atoms with Crippen molar-refractivity contribution in [3.05, 3.63) is 44.5 Å². The molecule has 0 aliphatic heterocycles. The highest BCUT2D eigenvalue weighted by molar-refractivity contribution is 14.1. The van der Waals surface area contributed by atoms with Gasteiger partial charge in [0.05, 0.1) is 5.02 Å². The van der Waals surface area contributed by atoms with E-state index in [0.29, 0.717) is 0 Å². The van der Waals surface area contributed by atoms with Gasteiger partial charge in [0.1, 0.15) is 0 Å². The van der Waals surface area contributed by atoms with Gasteiger partial charge in [0.25, 0.3) is 0 Å². The molecule has 3 heteroatoms. The van der Waals surface area contributed by atoms with E-state index in [0.717, 1.165) is 26.2 Å². The summed E-state index contributed by atoms with van der Waals surface area (Å²) in [5, 5.41) is 0.764. The highest BCUT2D eigenvalue weighted by atomic mass is 127. The molecule has 1 atom stereocenters. The second kappa shape index (κ2) is 5.14. The molecular formula is C11H13ClIN. The maximum atomic E-state index is 6.01. The van der Waals surface area contributed by atoms with E-state index in [9.17, 15) is 0 Å². The third-order valence-corrected chi connectivity index (χ3v) is 3.51. The van der Waals surface area contributed by atoms with Crippen LogP contribution in [0, 0.1) is 3.57 Å². The van der Waals surface area contributed by atoms with Crippen LogP contribution >= 0.6 is 34.2 Å². The van der Waals surface area contributed by atoms with Gasteiger partial charge in [0.2, 0.25) is 0 Å². The predicted octanol–water partition coefficient (Wildman–Crippen LogP) is 3.91. The van der Waals surface area contributed by atoms with Crippen LogP contribution in [0.5, 0.6) is 0 Å². The van der Waals surface area contributed by atoms with E-state index >= 15 is 0 Å². The van der Waals surface area contributed by atoms with Gasteiger partial charge in [-0.3, -0.25) is 0 Å². The average Bonchev–Trinajstić information content (AvgIpc) is 2.08. The van der Waals surface area contributed by atoms with Gasteiger partial charge in [-0.2, -0.15) is 0 Å². The molecule has 1 aromatic carbocycles. The molecule has 0 radical (unpaired) electrons. The fraction of sp³-hybridized carbons (Fsp3) is 0.273. The number of hydrogen-bond acceptors (Lipinski definition) is 1. The maximum absolute atomic E-state index is 6.01. The van der Waals surface area contributed by atoms with Gasteiger partial charge in [-0.05, 0) is 53.6 Å². The molecule has 0 saturated heterocycles. The van der Waals surface area contributed by atoms with E-state index in [1.807, 2.05) is 25.1 Å². The van der Waals surface area contributed by atoms with Crippen molar-refractivity contribution in [1.29, 1.82) is 0 Å². The van der Waals surface area contributed by atoms with Gasteiger partial charge >= 0.3 is 0 Å². The van der Waals surface area contributed by atoms with Crippen LogP contribution in [0.4, 0.5) is 0 Å². The molecule has 2 N–H and O–H groups in total. The Hall–Kier alpha value is -0.0600. The van der Waals surface area contributed by atoms with E-state index in [2.05, 4.69) is 29.2 Å². The van der Waals surface area contributed by atoms with Crippen molar-refractivity contribution in [2.75, 3.05) is 0 Å². The van der Waals surface area contributed by atoms with Crippen LogP contribution in [-0.4, -0.2) is 0 Å². The van der Waals surface area contributed by atoms with E-state index in [4.69, 9.17) is 17.3 Å². The average molecular weight is 322 g/mol. The summed E-state index contributed by atoms with van der Waals surface area (Å²) in [6, 6.07) is 5.93. The fourth-order valence-corrected chi connectivity index (χ4v) is 1.76. The first-order chi connectivity index (χ1) is 6.50. The van der Waals surface area contributed by atoms with E-state index < -0.39 is 0 Å².